The van der Waals surface area contributed by atoms with Gasteiger partial charge in [0.25, 0.3) is 5.91 Å². The Morgan fingerprint density at radius 3 is 2.43 bits per heavy atom. The van der Waals surface area contributed by atoms with Crippen LogP contribution >= 0.6 is 23.4 Å². The van der Waals surface area contributed by atoms with Gasteiger partial charge in [0.15, 0.2) is 5.72 Å². The number of halogens is 4. The summed E-state index contributed by atoms with van der Waals surface area (Å²) in [5, 5.41) is 16.5. The second-order valence-corrected chi connectivity index (χ2v) is 12.0. The molecule has 1 fully saturated rings. The average Bonchev–Trinajstić information content (AvgIpc) is 3.19. The highest BCUT2D eigenvalue weighted by atomic mass is 35.5. The van der Waals surface area contributed by atoms with Crippen LogP contribution in [0.5, 0.6) is 0 Å². The maximum Gasteiger partial charge on any atom is 0.393 e. The number of carbonyl (C=O) groups is 1. The fraction of sp³-hybridized carbons (Fsp3) is 0.400. The van der Waals surface area contributed by atoms with Crippen LogP contribution in [0.2, 0.25) is 5.02 Å². The average molecular weight is 620 g/mol. The Bertz CT molecular complexity index is 1420. The fourth-order valence-electron chi connectivity index (χ4n) is 5.33. The van der Waals surface area contributed by atoms with Crippen LogP contribution in [0.15, 0.2) is 77.3 Å². The normalized spacial score (nSPS) is 20.4. The number of amides is 1. The minimum Gasteiger partial charge on any atom is -0.383 e. The molecule has 7 nitrogen and oxygen atoms in total. The number of fused-ring (bicyclic) bond motifs is 1. The van der Waals surface area contributed by atoms with Crippen LogP contribution in [0.3, 0.4) is 0 Å². The van der Waals surface area contributed by atoms with Crippen molar-refractivity contribution in [3.05, 3.63) is 77.5 Å². The molecule has 0 aliphatic carbocycles. The number of piperazine rings is 1. The van der Waals surface area contributed by atoms with Crippen molar-refractivity contribution in [2.45, 2.75) is 23.2 Å². The molecule has 1 atom stereocenters. The van der Waals surface area contributed by atoms with Crippen LogP contribution in [-0.4, -0.2) is 101 Å². The number of benzene rings is 2. The molecule has 2 aromatic carbocycles. The Labute approximate surface area is 252 Å². The molecule has 0 radical (unpaired) electrons. The van der Waals surface area contributed by atoms with Crippen molar-refractivity contribution in [2.24, 2.45) is 0 Å². The van der Waals surface area contributed by atoms with Gasteiger partial charge in [-0.15, -0.1) is 11.8 Å². The van der Waals surface area contributed by atoms with E-state index in [0.29, 0.717) is 11.6 Å². The van der Waals surface area contributed by atoms with Crippen LogP contribution in [-0.2, 0) is 4.79 Å². The van der Waals surface area contributed by atoms with Crippen LogP contribution < -0.4 is 5.32 Å². The van der Waals surface area contributed by atoms with E-state index in [4.69, 9.17) is 11.6 Å². The molecule has 0 saturated carbocycles. The van der Waals surface area contributed by atoms with Crippen LogP contribution in [0, 0.1) is 0 Å². The third-order valence-corrected chi connectivity index (χ3v) is 8.94. The Morgan fingerprint density at radius 2 is 1.71 bits per heavy atom. The number of aromatic nitrogens is 1. The molecule has 224 valence electrons. The maximum atomic E-state index is 13.2. The summed E-state index contributed by atoms with van der Waals surface area (Å²) in [6, 6.07) is 16.9. The van der Waals surface area contributed by atoms with Crippen molar-refractivity contribution in [3.8, 4) is 0 Å². The van der Waals surface area contributed by atoms with Gasteiger partial charge in [0.05, 0.1) is 17.7 Å². The van der Waals surface area contributed by atoms with E-state index in [0.717, 1.165) is 66.8 Å². The summed E-state index contributed by atoms with van der Waals surface area (Å²) in [5.74, 6) is -0.705. The Balaban J connectivity index is 1.12. The largest absolute Gasteiger partial charge is 0.393 e. The number of thioether (sulfide) groups is 1. The van der Waals surface area contributed by atoms with E-state index in [2.05, 4.69) is 20.1 Å². The minimum atomic E-state index is -4.53. The van der Waals surface area contributed by atoms with Gasteiger partial charge in [-0.2, -0.15) is 13.2 Å². The summed E-state index contributed by atoms with van der Waals surface area (Å²) in [7, 11) is 0. The van der Waals surface area contributed by atoms with Gasteiger partial charge in [0, 0.05) is 85.1 Å². The second-order valence-electron chi connectivity index (χ2n) is 10.5. The molecule has 3 heterocycles. The third-order valence-electron chi connectivity index (χ3n) is 7.53. The highest BCUT2D eigenvalue weighted by Crippen LogP contribution is 2.36. The molecule has 0 bridgehead atoms. The number of carbonyl (C=O) groups excluding carboxylic acids is 1. The predicted molar refractivity (Wildman–Crippen MR) is 161 cm³/mol. The number of nitrogens with zero attached hydrogens (tertiary/aromatic N) is 4. The number of pyridine rings is 1. The van der Waals surface area contributed by atoms with E-state index in [1.54, 1.807) is 6.20 Å². The van der Waals surface area contributed by atoms with Crippen molar-refractivity contribution in [1.82, 2.24) is 19.7 Å². The van der Waals surface area contributed by atoms with E-state index >= 15 is 0 Å². The molecular weight excluding hydrogens is 587 g/mol. The monoisotopic (exact) mass is 619 g/mol. The zero-order valence-electron chi connectivity index (χ0n) is 23.0. The molecule has 42 heavy (non-hydrogen) atoms. The lowest BCUT2D eigenvalue weighted by Crippen LogP contribution is -2.53. The summed E-state index contributed by atoms with van der Waals surface area (Å²) in [6.45, 7) is 5.39. The summed E-state index contributed by atoms with van der Waals surface area (Å²) in [6.07, 6.45) is -3.02. The lowest BCUT2D eigenvalue weighted by molar-refractivity contribution is -0.145. The molecule has 2 N–H and O–H groups in total. The van der Waals surface area contributed by atoms with E-state index in [9.17, 15) is 23.1 Å². The number of alkyl halides is 3. The molecule has 2 aliphatic rings. The number of anilines is 1. The van der Waals surface area contributed by atoms with Crippen LogP contribution in [0.25, 0.3) is 10.9 Å². The fourth-order valence-corrected chi connectivity index (χ4v) is 6.47. The number of aliphatic hydroxyl groups is 1. The van der Waals surface area contributed by atoms with E-state index in [1.807, 2.05) is 54.6 Å². The summed E-state index contributed by atoms with van der Waals surface area (Å²) in [4.78, 5) is 24.0. The first kappa shape index (κ1) is 30.6. The number of nitrogens with one attached hydrogen (secondary N) is 1. The van der Waals surface area contributed by atoms with Crippen molar-refractivity contribution < 1.29 is 23.1 Å². The van der Waals surface area contributed by atoms with Gasteiger partial charge >= 0.3 is 6.18 Å². The first-order valence-corrected chi connectivity index (χ1v) is 15.2. The maximum absolute atomic E-state index is 13.2. The number of rotatable bonds is 11. The third kappa shape index (κ3) is 7.76. The molecular formula is C30H33ClF3N5O2S. The first-order chi connectivity index (χ1) is 20.1. The number of hydrogen-bond acceptors (Lipinski definition) is 7. The van der Waals surface area contributed by atoms with Gasteiger partial charge in [-0.1, -0.05) is 29.8 Å². The van der Waals surface area contributed by atoms with Gasteiger partial charge in [-0.05, 0) is 42.5 Å². The van der Waals surface area contributed by atoms with E-state index in [1.165, 1.54) is 16.7 Å². The van der Waals surface area contributed by atoms with E-state index in [-0.39, 0.29) is 12.3 Å². The SMILES string of the molecule is O=C1C(CC(F)(F)F)=CC(O)(CSc2ccccc2)N1CCN1CCN(CCNc2ccnc3cc(Cl)ccc23)CC1. The smallest absolute Gasteiger partial charge is 0.383 e. The highest BCUT2D eigenvalue weighted by Gasteiger charge is 2.46. The van der Waals surface area contributed by atoms with Crippen molar-refractivity contribution >= 4 is 45.9 Å². The molecule has 0 spiro atoms. The lowest BCUT2D eigenvalue weighted by atomic mass is 10.1. The zero-order chi connectivity index (χ0) is 29.7. The lowest BCUT2D eigenvalue weighted by Gasteiger charge is -2.38. The number of hydrogen-bond donors (Lipinski definition) is 2. The van der Waals surface area contributed by atoms with Gasteiger partial charge in [-0.3, -0.25) is 19.6 Å². The van der Waals surface area contributed by atoms with E-state index < -0.39 is 29.8 Å². The van der Waals surface area contributed by atoms with Gasteiger partial charge in [0.2, 0.25) is 0 Å². The van der Waals surface area contributed by atoms with Gasteiger partial charge < -0.3 is 15.3 Å². The summed E-state index contributed by atoms with van der Waals surface area (Å²) < 4.78 is 39.5. The molecule has 3 aromatic rings. The zero-order valence-corrected chi connectivity index (χ0v) is 24.6. The molecule has 1 aromatic heterocycles. The summed E-state index contributed by atoms with van der Waals surface area (Å²) >= 11 is 7.39. The Hall–Kier alpha value is -2.83. The van der Waals surface area contributed by atoms with Crippen molar-refractivity contribution in [2.75, 3.05) is 63.4 Å². The van der Waals surface area contributed by atoms with Crippen LogP contribution in [0.1, 0.15) is 6.42 Å². The molecule has 1 amide bonds. The van der Waals surface area contributed by atoms with Crippen molar-refractivity contribution in [1.29, 1.82) is 0 Å². The topological polar surface area (TPSA) is 71.9 Å². The highest BCUT2D eigenvalue weighted by molar-refractivity contribution is 7.99. The van der Waals surface area contributed by atoms with Gasteiger partial charge in [0.1, 0.15) is 0 Å². The minimum absolute atomic E-state index is 0.0463. The van der Waals surface area contributed by atoms with Crippen molar-refractivity contribution in [3.63, 3.8) is 0 Å². The first-order valence-electron chi connectivity index (χ1n) is 13.8. The molecule has 12 heteroatoms. The quantitative estimate of drug-likeness (QED) is 0.289. The van der Waals surface area contributed by atoms with Crippen LogP contribution in [0.4, 0.5) is 18.9 Å². The molecule has 2 aliphatic heterocycles. The molecule has 5 rings (SSSR count). The van der Waals surface area contributed by atoms with Gasteiger partial charge in [-0.25, -0.2) is 0 Å². The standard InChI is InChI=1S/C30H33ClF3N5O2S/c31-23-6-7-25-26(8-9-35-27(25)18-23)36-10-11-37-12-14-38(15-13-37)16-17-39-28(40)22(20-30(32,33)34)19-29(39,41)21-42-24-4-2-1-3-5-24/h1-9,18-19,41H,10-17,20-21H2,(H,35,36). The Kier molecular flexibility index (Phi) is 9.64. The predicted octanol–water partition coefficient (Wildman–Crippen LogP) is 5.12. The molecule has 1 saturated heterocycles. The second kappa shape index (κ2) is 13.2. The summed E-state index contributed by atoms with van der Waals surface area (Å²) in [5.41, 5.74) is -0.347. The molecule has 1 unspecified atom stereocenters. The Morgan fingerprint density at radius 1 is 1.00 bits per heavy atom.